The summed E-state index contributed by atoms with van der Waals surface area (Å²) in [5.41, 5.74) is 0.925. The van der Waals surface area contributed by atoms with Gasteiger partial charge in [-0.3, -0.25) is 10.1 Å². The molecule has 0 bridgehead atoms. The Labute approximate surface area is 113 Å². The molecule has 1 N–H and O–H groups in total. The average molecular weight is 264 g/mol. The van der Waals surface area contributed by atoms with Gasteiger partial charge in [0, 0.05) is 30.3 Å². The maximum Gasteiger partial charge on any atom is 0.274 e. The number of hydrogen-bond donors (Lipinski definition) is 1. The molecule has 3 atom stereocenters. The van der Waals surface area contributed by atoms with E-state index < -0.39 is 0 Å². The summed E-state index contributed by atoms with van der Waals surface area (Å²) >= 11 is 0. The molecule has 1 aromatic rings. The van der Waals surface area contributed by atoms with E-state index in [1.807, 2.05) is 19.1 Å². The van der Waals surface area contributed by atoms with Gasteiger partial charge < -0.3 is 10.1 Å². The summed E-state index contributed by atoms with van der Waals surface area (Å²) in [7, 11) is 0. The van der Waals surface area contributed by atoms with Crippen molar-refractivity contribution in [3.8, 4) is 0 Å². The summed E-state index contributed by atoms with van der Waals surface area (Å²) in [6, 6.07) is 7.24. The highest BCUT2D eigenvalue weighted by Crippen LogP contribution is 2.26. The van der Waals surface area contributed by atoms with Crippen molar-refractivity contribution >= 4 is 5.69 Å². The van der Waals surface area contributed by atoms with Crippen LogP contribution in [0.3, 0.4) is 0 Å². The first-order valence-electron chi connectivity index (χ1n) is 6.69. The van der Waals surface area contributed by atoms with Gasteiger partial charge in [-0.15, -0.1) is 0 Å². The number of nitro benzene ring substituents is 1. The van der Waals surface area contributed by atoms with Gasteiger partial charge in [-0.2, -0.15) is 0 Å². The molecule has 5 nitrogen and oxygen atoms in total. The van der Waals surface area contributed by atoms with Crippen LogP contribution in [0.4, 0.5) is 5.69 Å². The molecule has 0 radical (unpaired) electrons. The van der Waals surface area contributed by atoms with Crippen LogP contribution < -0.4 is 5.32 Å². The van der Waals surface area contributed by atoms with Crippen LogP contribution in [-0.2, 0) is 4.74 Å². The summed E-state index contributed by atoms with van der Waals surface area (Å²) in [6.07, 6.45) is 2.16. The summed E-state index contributed by atoms with van der Waals surface area (Å²) in [6.45, 7) is 4.79. The maximum absolute atomic E-state index is 11.0. The molecule has 104 valence electrons. The Hall–Kier alpha value is -1.46. The minimum Gasteiger partial charge on any atom is -0.378 e. The van der Waals surface area contributed by atoms with Crippen LogP contribution in [-0.4, -0.2) is 23.7 Å². The topological polar surface area (TPSA) is 64.4 Å². The first kappa shape index (κ1) is 14.0. The molecule has 1 aliphatic rings. The lowest BCUT2D eigenvalue weighted by atomic mass is 10.0. The minimum atomic E-state index is -0.319. The van der Waals surface area contributed by atoms with Gasteiger partial charge in [-0.1, -0.05) is 18.2 Å². The highest BCUT2D eigenvalue weighted by molar-refractivity contribution is 5.41. The number of nitro groups is 1. The Kier molecular flexibility index (Phi) is 4.50. The first-order valence-corrected chi connectivity index (χ1v) is 6.69. The van der Waals surface area contributed by atoms with E-state index in [-0.39, 0.29) is 22.8 Å². The van der Waals surface area contributed by atoms with Crippen molar-refractivity contribution in [2.45, 2.75) is 44.9 Å². The quantitative estimate of drug-likeness (QED) is 0.671. The molecule has 1 saturated heterocycles. The Morgan fingerprint density at radius 1 is 1.47 bits per heavy atom. The molecular weight excluding hydrogens is 244 g/mol. The van der Waals surface area contributed by atoms with E-state index in [9.17, 15) is 10.1 Å². The van der Waals surface area contributed by atoms with E-state index in [0.717, 1.165) is 25.0 Å². The molecule has 1 fully saturated rings. The minimum absolute atomic E-state index is 0.0306. The number of nitrogens with zero attached hydrogens (tertiary/aromatic N) is 1. The van der Waals surface area contributed by atoms with Crippen LogP contribution in [0.5, 0.6) is 0 Å². The maximum atomic E-state index is 11.0. The van der Waals surface area contributed by atoms with E-state index in [0.29, 0.717) is 6.04 Å². The van der Waals surface area contributed by atoms with Crippen molar-refractivity contribution < 1.29 is 9.66 Å². The molecule has 1 aromatic carbocycles. The highest BCUT2D eigenvalue weighted by Gasteiger charge is 2.24. The number of hydrogen-bond acceptors (Lipinski definition) is 4. The number of nitrogens with one attached hydrogen (secondary N) is 1. The SMILES string of the molecule is CC1CC(NC(C)c2ccccc2[N+](=O)[O-])CCO1. The van der Waals surface area contributed by atoms with E-state index in [2.05, 4.69) is 12.2 Å². The lowest BCUT2D eigenvalue weighted by molar-refractivity contribution is -0.385. The van der Waals surface area contributed by atoms with Gasteiger partial charge in [0.15, 0.2) is 0 Å². The van der Waals surface area contributed by atoms with Crippen molar-refractivity contribution in [2.75, 3.05) is 6.61 Å². The Morgan fingerprint density at radius 2 is 2.21 bits per heavy atom. The predicted octanol–water partition coefficient (Wildman–Crippen LogP) is 2.81. The third kappa shape index (κ3) is 3.52. The van der Waals surface area contributed by atoms with E-state index >= 15 is 0 Å². The second-order valence-electron chi connectivity index (χ2n) is 5.11. The zero-order chi connectivity index (χ0) is 13.8. The third-order valence-electron chi connectivity index (χ3n) is 3.57. The van der Waals surface area contributed by atoms with E-state index in [4.69, 9.17) is 4.74 Å². The van der Waals surface area contributed by atoms with Gasteiger partial charge in [-0.05, 0) is 26.7 Å². The Balaban J connectivity index is 2.07. The number of para-hydroxylation sites is 1. The molecule has 0 aromatic heterocycles. The van der Waals surface area contributed by atoms with Crippen molar-refractivity contribution in [2.24, 2.45) is 0 Å². The number of rotatable bonds is 4. The van der Waals surface area contributed by atoms with Gasteiger partial charge >= 0.3 is 0 Å². The van der Waals surface area contributed by atoms with Gasteiger partial charge in [0.1, 0.15) is 0 Å². The third-order valence-corrected chi connectivity index (χ3v) is 3.57. The normalized spacial score (nSPS) is 24.9. The fourth-order valence-electron chi connectivity index (χ4n) is 2.61. The molecule has 0 amide bonds. The molecule has 1 heterocycles. The predicted molar refractivity (Wildman–Crippen MR) is 73.1 cm³/mol. The van der Waals surface area contributed by atoms with Crippen molar-refractivity contribution in [3.05, 3.63) is 39.9 Å². The van der Waals surface area contributed by atoms with Gasteiger partial charge in [0.05, 0.1) is 11.0 Å². The van der Waals surface area contributed by atoms with Crippen LogP contribution in [0.1, 0.15) is 38.3 Å². The standard InChI is InChI=1S/C14H20N2O3/c1-10-9-12(7-8-19-10)15-11(2)13-5-3-4-6-14(13)16(17)18/h3-6,10-12,15H,7-9H2,1-2H3. The monoisotopic (exact) mass is 264 g/mol. The van der Waals surface area contributed by atoms with E-state index in [1.165, 1.54) is 0 Å². The summed E-state index contributed by atoms with van der Waals surface area (Å²) in [4.78, 5) is 10.7. The van der Waals surface area contributed by atoms with Crippen molar-refractivity contribution in [3.63, 3.8) is 0 Å². The lowest BCUT2D eigenvalue weighted by Gasteiger charge is -2.30. The van der Waals surface area contributed by atoms with Gasteiger partial charge in [0.2, 0.25) is 0 Å². The fraction of sp³-hybridized carbons (Fsp3) is 0.571. The Morgan fingerprint density at radius 3 is 2.89 bits per heavy atom. The van der Waals surface area contributed by atoms with Crippen LogP contribution in [0.25, 0.3) is 0 Å². The summed E-state index contributed by atoms with van der Waals surface area (Å²) < 4.78 is 5.51. The molecule has 5 heteroatoms. The fourth-order valence-corrected chi connectivity index (χ4v) is 2.61. The number of benzene rings is 1. The van der Waals surface area contributed by atoms with Crippen molar-refractivity contribution in [1.29, 1.82) is 0 Å². The second kappa shape index (κ2) is 6.12. The molecule has 0 spiro atoms. The average Bonchev–Trinajstić information content (AvgIpc) is 2.38. The smallest absolute Gasteiger partial charge is 0.274 e. The molecule has 0 saturated carbocycles. The van der Waals surface area contributed by atoms with Gasteiger partial charge in [0.25, 0.3) is 5.69 Å². The largest absolute Gasteiger partial charge is 0.378 e. The summed E-state index contributed by atoms with van der Waals surface area (Å²) in [5.74, 6) is 0. The van der Waals surface area contributed by atoms with Crippen LogP contribution in [0.2, 0.25) is 0 Å². The van der Waals surface area contributed by atoms with Crippen molar-refractivity contribution in [1.82, 2.24) is 5.32 Å². The number of ether oxygens (including phenoxy) is 1. The van der Waals surface area contributed by atoms with Crippen LogP contribution in [0, 0.1) is 10.1 Å². The highest BCUT2D eigenvalue weighted by atomic mass is 16.6. The lowest BCUT2D eigenvalue weighted by Crippen LogP contribution is -2.39. The molecule has 1 aliphatic heterocycles. The summed E-state index contributed by atoms with van der Waals surface area (Å²) in [5, 5.41) is 14.5. The van der Waals surface area contributed by atoms with E-state index in [1.54, 1.807) is 12.1 Å². The zero-order valence-electron chi connectivity index (χ0n) is 11.3. The zero-order valence-corrected chi connectivity index (χ0v) is 11.3. The molecular formula is C14H20N2O3. The first-order chi connectivity index (χ1) is 9.08. The molecule has 19 heavy (non-hydrogen) atoms. The van der Waals surface area contributed by atoms with Gasteiger partial charge in [-0.25, -0.2) is 0 Å². The Bertz CT molecular complexity index is 450. The molecule has 0 aliphatic carbocycles. The molecule has 2 rings (SSSR count). The molecule has 3 unspecified atom stereocenters. The van der Waals surface area contributed by atoms with Crippen LogP contribution >= 0.6 is 0 Å². The van der Waals surface area contributed by atoms with Crippen LogP contribution in [0.15, 0.2) is 24.3 Å². The second-order valence-corrected chi connectivity index (χ2v) is 5.11.